The van der Waals surface area contributed by atoms with Crippen LogP contribution in [0.2, 0.25) is 0 Å². The molecule has 0 radical (unpaired) electrons. The number of nitrogens with one attached hydrogen (secondary N) is 1. The first kappa shape index (κ1) is 12.3. The Labute approximate surface area is 77.7 Å². The summed E-state index contributed by atoms with van der Waals surface area (Å²) in [4.78, 5) is 10.7. The van der Waals surface area contributed by atoms with Crippen LogP contribution in [-0.2, 0) is 4.79 Å². The van der Waals surface area contributed by atoms with E-state index in [9.17, 15) is 13.6 Å². The first-order valence-corrected chi connectivity index (χ1v) is 4.18. The van der Waals surface area contributed by atoms with Crippen LogP contribution in [0.4, 0.5) is 8.78 Å². The van der Waals surface area contributed by atoms with Gasteiger partial charge in [0.25, 0.3) is 5.91 Å². The summed E-state index contributed by atoms with van der Waals surface area (Å²) in [6.45, 7) is 9.12. The molecule has 0 aliphatic heterocycles. The lowest BCUT2D eigenvalue weighted by Crippen LogP contribution is -2.54. The molecule has 0 saturated carbocycles. The molecule has 0 rings (SSSR count). The smallest absolute Gasteiger partial charge is 0.315 e. The van der Waals surface area contributed by atoms with Gasteiger partial charge < -0.3 is 5.32 Å². The maximum absolute atomic E-state index is 11.9. The summed E-state index contributed by atoms with van der Waals surface area (Å²) >= 11 is 0. The normalized spacial score (nSPS) is 13.2. The minimum absolute atomic E-state index is 0.252. The monoisotopic (exact) mass is 193 g/mol. The highest BCUT2D eigenvalue weighted by molar-refractivity contribution is 5.79. The number of halogens is 2. The van der Waals surface area contributed by atoms with Gasteiger partial charge in [-0.3, -0.25) is 4.79 Å². The highest BCUT2D eigenvalue weighted by Crippen LogP contribution is 2.29. The number of amides is 1. The minimum atomic E-state index is -2.94. The largest absolute Gasteiger partial charge is 0.346 e. The molecule has 2 nitrogen and oxygen atoms in total. The van der Waals surface area contributed by atoms with Crippen molar-refractivity contribution in [1.82, 2.24) is 5.32 Å². The Morgan fingerprint density at radius 2 is 1.54 bits per heavy atom. The third-order valence-corrected chi connectivity index (χ3v) is 2.51. The van der Waals surface area contributed by atoms with Crippen LogP contribution in [-0.4, -0.2) is 17.9 Å². The van der Waals surface area contributed by atoms with Gasteiger partial charge in [0, 0.05) is 5.54 Å². The first-order valence-electron chi connectivity index (χ1n) is 4.18. The number of hydrogen-bond acceptors (Lipinski definition) is 1. The Bertz CT molecular complexity index is 194. The minimum Gasteiger partial charge on any atom is -0.346 e. The lowest BCUT2D eigenvalue weighted by Gasteiger charge is -2.39. The fourth-order valence-corrected chi connectivity index (χ4v) is 0.550. The molecule has 78 valence electrons. The van der Waals surface area contributed by atoms with Gasteiger partial charge in [0.1, 0.15) is 0 Å². The van der Waals surface area contributed by atoms with E-state index in [1.807, 2.05) is 20.8 Å². The van der Waals surface area contributed by atoms with Crippen molar-refractivity contribution in [2.75, 3.05) is 0 Å². The fraction of sp³-hybridized carbons (Fsp3) is 0.889. The molecule has 0 aromatic heterocycles. The van der Waals surface area contributed by atoms with E-state index in [1.54, 1.807) is 13.8 Å². The second-order valence-corrected chi connectivity index (χ2v) is 4.66. The summed E-state index contributed by atoms with van der Waals surface area (Å²) in [6, 6.07) is 0. The van der Waals surface area contributed by atoms with E-state index < -0.39 is 17.9 Å². The van der Waals surface area contributed by atoms with Crippen LogP contribution in [0.5, 0.6) is 0 Å². The Morgan fingerprint density at radius 3 is 1.77 bits per heavy atom. The van der Waals surface area contributed by atoms with E-state index >= 15 is 0 Å². The van der Waals surface area contributed by atoms with Gasteiger partial charge >= 0.3 is 6.43 Å². The van der Waals surface area contributed by atoms with E-state index in [0.29, 0.717) is 0 Å². The zero-order valence-electron chi connectivity index (χ0n) is 8.74. The molecule has 0 aromatic rings. The molecule has 0 bridgehead atoms. The van der Waals surface area contributed by atoms with Gasteiger partial charge in [0.05, 0.1) is 0 Å². The van der Waals surface area contributed by atoms with E-state index in [2.05, 4.69) is 5.32 Å². The van der Waals surface area contributed by atoms with Gasteiger partial charge in [0.2, 0.25) is 0 Å². The second-order valence-electron chi connectivity index (χ2n) is 4.66. The molecule has 0 heterocycles. The van der Waals surface area contributed by atoms with Crippen molar-refractivity contribution in [3.8, 4) is 0 Å². The van der Waals surface area contributed by atoms with Crippen LogP contribution in [0, 0.1) is 5.41 Å². The maximum atomic E-state index is 11.9. The lowest BCUT2D eigenvalue weighted by atomic mass is 9.76. The zero-order valence-corrected chi connectivity index (χ0v) is 8.74. The van der Waals surface area contributed by atoms with Crippen molar-refractivity contribution < 1.29 is 13.6 Å². The van der Waals surface area contributed by atoms with Gasteiger partial charge in [-0.05, 0) is 19.3 Å². The predicted molar refractivity (Wildman–Crippen MR) is 47.7 cm³/mol. The third-order valence-electron chi connectivity index (χ3n) is 2.51. The number of carbonyl (C=O) groups is 1. The van der Waals surface area contributed by atoms with E-state index in [-0.39, 0.29) is 5.41 Å². The van der Waals surface area contributed by atoms with Crippen molar-refractivity contribution in [2.45, 2.75) is 46.6 Å². The molecule has 1 N–H and O–H groups in total. The average molecular weight is 193 g/mol. The van der Waals surface area contributed by atoms with Crippen LogP contribution < -0.4 is 5.32 Å². The number of carbonyl (C=O) groups excluding carboxylic acids is 1. The van der Waals surface area contributed by atoms with Crippen molar-refractivity contribution in [1.29, 1.82) is 0 Å². The van der Waals surface area contributed by atoms with Gasteiger partial charge in [0.15, 0.2) is 0 Å². The molecule has 0 saturated heterocycles. The second kappa shape index (κ2) is 3.60. The Kier molecular flexibility index (Phi) is 3.41. The summed E-state index contributed by atoms with van der Waals surface area (Å²) < 4.78 is 23.9. The fourth-order valence-electron chi connectivity index (χ4n) is 0.550. The highest BCUT2D eigenvalue weighted by atomic mass is 19.3. The van der Waals surface area contributed by atoms with Crippen molar-refractivity contribution in [3.63, 3.8) is 0 Å². The van der Waals surface area contributed by atoms with Gasteiger partial charge in [-0.2, -0.15) is 8.78 Å². The Morgan fingerprint density at radius 1 is 1.15 bits per heavy atom. The summed E-state index contributed by atoms with van der Waals surface area (Å²) in [6.07, 6.45) is -2.94. The molecule has 0 aliphatic carbocycles. The van der Waals surface area contributed by atoms with E-state index in [0.717, 1.165) is 0 Å². The summed E-state index contributed by atoms with van der Waals surface area (Å²) in [7, 11) is 0. The van der Waals surface area contributed by atoms with Crippen molar-refractivity contribution in [3.05, 3.63) is 0 Å². The third kappa shape index (κ3) is 3.28. The molecule has 0 atom stereocenters. The van der Waals surface area contributed by atoms with Gasteiger partial charge in [-0.15, -0.1) is 0 Å². The van der Waals surface area contributed by atoms with E-state index in [1.165, 1.54) is 0 Å². The van der Waals surface area contributed by atoms with Crippen LogP contribution >= 0.6 is 0 Å². The maximum Gasteiger partial charge on any atom is 0.315 e. The quantitative estimate of drug-likeness (QED) is 0.715. The molecule has 0 aromatic carbocycles. The number of alkyl halides is 2. The molecule has 0 spiro atoms. The molecular weight excluding hydrogens is 176 g/mol. The number of hydrogen-bond donors (Lipinski definition) is 1. The Hall–Kier alpha value is -0.670. The van der Waals surface area contributed by atoms with Crippen molar-refractivity contribution >= 4 is 5.91 Å². The highest BCUT2D eigenvalue weighted by Gasteiger charge is 2.35. The molecule has 0 unspecified atom stereocenters. The Balaban J connectivity index is 4.44. The summed E-state index contributed by atoms with van der Waals surface area (Å²) in [5.74, 6) is -1.21. The topological polar surface area (TPSA) is 29.1 Å². The van der Waals surface area contributed by atoms with E-state index in [4.69, 9.17) is 0 Å². The number of rotatable bonds is 2. The van der Waals surface area contributed by atoms with Crippen molar-refractivity contribution in [2.24, 2.45) is 5.41 Å². The molecule has 4 heteroatoms. The molecule has 1 amide bonds. The van der Waals surface area contributed by atoms with Crippen LogP contribution in [0.15, 0.2) is 0 Å². The lowest BCUT2D eigenvalue weighted by molar-refractivity contribution is -0.134. The zero-order chi connectivity index (χ0) is 10.9. The van der Waals surface area contributed by atoms with Crippen LogP contribution in [0.1, 0.15) is 34.6 Å². The average Bonchev–Trinajstić information content (AvgIpc) is 1.83. The first-order chi connectivity index (χ1) is 5.58. The van der Waals surface area contributed by atoms with Gasteiger partial charge in [-0.1, -0.05) is 20.8 Å². The summed E-state index contributed by atoms with van der Waals surface area (Å²) in [5, 5.41) is 2.31. The van der Waals surface area contributed by atoms with Crippen LogP contribution in [0.25, 0.3) is 0 Å². The molecule has 0 aliphatic rings. The molecule has 13 heavy (non-hydrogen) atoms. The SMILES string of the molecule is CC(C)(C)C(C)(C)NC(=O)C(F)F. The molecular formula is C9H17F2NO. The molecule has 0 fully saturated rings. The van der Waals surface area contributed by atoms with Gasteiger partial charge in [-0.25, -0.2) is 0 Å². The van der Waals surface area contributed by atoms with Crippen LogP contribution in [0.3, 0.4) is 0 Å². The summed E-state index contributed by atoms with van der Waals surface area (Å²) in [5.41, 5.74) is -0.891. The predicted octanol–water partition coefficient (Wildman–Crippen LogP) is 2.19. The standard InChI is InChI=1S/C9H17F2NO/c1-8(2,3)9(4,5)12-7(13)6(10)11/h6H,1-5H3,(H,12,13).